The maximum absolute atomic E-state index is 11.4. The fourth-order valence-corrected chi connectivity index (χ4v) is 1.73. The van der Waals surface area contributed by atoms with E-state index in [2.05, 4.69) is 5.32 Å². The lowest BCUT2D eigenvalue weighted by Gasteiger charge is -2.31. The molecule has 3 N–H and O–H groups in total. The van der Waals surface area contributed by atoms with E-state index in [0.717, 1.165) is 12.8 Å². The maximum atomic E-state index is 11.4. The zero-order valence-electron chi connectivity index (χ0n) is 9.57. The largest absolute Gasteiger partial charge is 0.450 e. The van der Waals surface area contributed by atoms with Crippen LogP contribution >= 0.6 is 0 Å². The van der Waals surface area contributed by atoms with Crippen molar-refractivity contribution >= 4 is 12.0 Å². The topological polar surface area (TPSA) is 84.7 Å². The van der Waals surface area contributed by atoms with Gasteiger partial charge in [-0.25, -0.2) is 4.79 Å². The highest BCUT2D eigenvalue weighted by Gasteiger charge is 2.23. The van der Waals surface area contributed by atoms with E-state index in [4.69, 9.17) is 10.5 Å². The summed E-state index contributed by atoms with van der Waals surface area (Å²) in [7, 11) is 0. The number of rotatable bonds is 4. The number of carbonyl (C=O) groups excluding carboxylic acids is 2. The molecule has 0 radical (unpaired) electrons. The number of amides is 2. The van der Waals surface area contributed by atoms with Gasteiger partial charge in [-0.1, -0.05) is 0 Å². The molecule has 6 heteroatoms. The first-order chi connectivity index (χ1) is 7.63. The Morgan fingerprint density at radius 1 is 1.44 bits per heavy atom. The van der Waals surface area contributed by atoms with Gasteiger partial charge in [0, 0.05) is 19.1 Å². The fraction of sp³-hybridized carbons (Fsp3) is 0.800. The summed E-state index contributed by atoms with van der Waals surface area (Å²) in [5.74, 6) is -0.354. The maximum Gasteiger partial charge on any atom is 0.409 e. The van der Waals surface area contributed by atoms with Crippen molar-refractivity contribution in [3.63, 3.8) is 0 Å². The number of likely N-dealkylation sites (tertiary alicyclic amines) is 1. The predicted molar refractivity (Wildman–Crippen MR) is 58.8 cm³/mol. The average molecular weight is 229 g/mol. The second-order valence-corrected chi connectivity index (χ2v) is 3.81. The van der Waals surface area contributed by atoms with E-state index in [1.165, 1.54) is 0 Å². The minimum atomic E-state index is -0.354. The van der Waals surface area contributed by atoms with E-state index in [-0.39, 0.29) is 24.6 Å². The zero-order chi connectivity index (χ0) is 12.0. The molecule has 0 unspecified atom stereocenters. The Balaban J connectivity index is 2.23. The Kier molecular flexibility index (Phi) is 5.04. The van der Waals surface area contributed by atoms with Crippen molar-refractivity contribution in [2.75, 3.05) is 26.2 Å². The Morgan fingerprint density at radius 2 is 2.06 bits per heavy atom. The highest BCUT2D eigenvalue weighted by atomic mass is 16.6. The van der Waals surface area contributed by atoms with Crippen LogP contribution in [0.25, 0.3) is 0 Å². The van der Waals surface area contributed by atoms with Crippen LogP contribution in [0.3, 0.4) is 0 Å². The lowest BCUT2D eigenvalue weighted by Crippen LogP contribution is -2.46. The van der Waals surface area contributed by atoms with E-state index < -0.39 is 0 Å². The number of ether oxygens (including phenoxy) is 1. The second-order valence-electron chi connectivity index (χ2n) is 3.81. The van der Waals surface area contributed by atoms with Crippen LogP contribution in [-0.4, -0.2) is 49.2 Å². The number of nitrogens with one attached hydrogen (secondary N) is 1. The van der Waals surface area contributed by atoms with E-state index in [9.17, 15) is 9.59 Å². The predicted octanol–water partition coefficient (Wildman–Crippen LogP) is -0.318. The lowest BCUT2D eigenvalue weighted by atomic mass is 10.1. The number of hydrogen-bond acceptors (Lipinski definition) is 4. The first kappa shape index (κ1) is 12.8. The summed E-state index contributed by atoms with van der Waals surface area (Å²) >= 11 is 0. The number of primary amides is 1. The Labute approximate surface area is 95.1 Å². The first-order valence-electron chi connectivity index (χ1n) is 5.57. The molecule has 0 aromatic heterocycles. The minimum Gasteiger partial charge on any atom is -0.450 e. The fourth-order valence-electron chi connectivity index (χ4n) is 1.73. The highest BCUT2D eigenvalue weighted by molar-refractivity contribution is 5.75. The Hall–Kier alpha value is -1.30. The second kappa shape index (κ2) is 6.32. The quantitative estimate of drug-likeness (QED) is 0.692. The molecule has 1 rings (SSSR count). The number of hydrogen-bond donors (Lipinski definition) is 2. The van der Waals surface area contributed by atoms with Crippen molar-refractivity contribution in [2.24, 2.45) is 5.73 Å². The van der Waals surface area contributed by atoms with Gasteiger partial charge in [0.1, 0.15) is 0 Å². The van der Waals surface area contributed by atoms with Crippen molar-refractivity contribution < 1.29 is 14.3 Å². The van der Waals surface area contributed by atoms with Gasteiger partial charge in [0.2, 0.25) is 5.91 Å². The molecule has 0 aliphatic carbocycles. The monoisotopic (exact) mass is 229 g/mol. The summed E-state index contributed by atoms with van der Waals surface area (Å²) in [4.78, 5) is 23.6. The van der Waals surface area contributed by atoms with Crippen molar-refractivity contribution in [1.29, 1.82) is 0 Å². The van der Waals surface area contributed by atoms with Gasteiger partial charge < -0.3 is 20.7 Å². The third-order valence-electron chi connectivity index (χ3n) is 2.59. The average Bonchev–Trinajstić information content (AvgIpc) is 2.27. The normalized spacial score (nSPS) is 17.2. The molecule has 1 fully saturated rings. The number of piperidine rings is 1. The van der Waals surface area contributed by atoms with E-state index in [0.29, 0.717) is 19.7 Å². The van der Waals surface area contributed by atoms with Crippen LogP contribution in [0.4, 0.5) is 4.79 Å². The van der Waals surface area contributed by atoms with Crippen molar-refractivity contribution in [2.45, 2.75) is 25.8 Å². The SMILES string of the molecule is CCOC(=O)N1CCC(NCC(N)=O)CC1. The summed E-state index contributed by atoms with van der Waals surface area (Å²) in [6.07, 6.45) is 1.40. The van der Waals surface area contributed by atoms with E-state index in [1.54, 1.807) is 11.8 Å². The Morgan fingerprint density at radius 3 is 2.56 bits per heavy atom. The molecule has 0 bridgehead atoms. The molecular formula is C10H19N3O3. The van der Waals surface area contributed by atoms with Gasteiger partial charge in [0.25, 0.3) is 0 Å². The molecule has 0 aromatic rings. The molecular weight excluding hydrogens is 210 g/mol. The van der Waals surface area contributed by atoms with Crippen LogP contribution < -0.4 is 11.1 Å². The molecule has 1 aliphatic heterocycles. The van der Waals surface area contributed by atoms with Crippen molar-refractivity contribution in [3.8, 4) is 0 Å². The van der Waals surface area contributed by atoms with Crippen molar-refractivity contribution in [3.05, 3.63) is 0 Å². The molecule has 0 saturated carbocycles. The minimum absolute atomic E-state index is 0.198. The van der Waals surface area contributed by atoms with Crippen LogP contribution in [0.5, 0.6) is 0 Å². The van der Waals surface area contributed by atoms with Crippen LogP contribution in [-0.2, 0) is 9.53 Å². The lowest BCUT2D eigenvalue weighted by molar-refractivity contribution is -0.117. The molecule has 92 valence electrons. The van der Waals surface area contributed by atoms with Gasteiger partial charge in [0.05, 0.1) is 13.2 Å². The molecule has 1 heterocycles. The van der Waals surface area contributed by atoms with Gasteiger partial charge in [-0.3, -0.25) is 4.79 Å². The molecule has 0 spiro atoms. The molecule has 0 aromatic carbocycles. The summed E-state index contributed by atoms with van der Waals surface area (Å²) in [5, 5.41) is 3.06. The molecule has 1 aliphatic rings. The molecule has 6 nitrogen and oxygen atoms in total. The number of nitrogens with two attached hydrogens (primary N) is 1. The van der Waals surface area contributed by atoms with Gasteiger partial charge in [-0.2, -0.15) is 0 Å². The zero-order valence-corrected chi connectivity index (χ0v) is 9.57. The Bertz CT molecular complexity index is 250. The summed E-state index contributed by atoms with van der Waals surface area (Å²) < 4.78 is 4.91. The highest BCUT2D eigenvalue weighted by Crippen LogP contribution is 2.11. The van der Waals surface area contributed by atoms with Gasteiger partial charge in [-0.15, -0.1) is 0 Å². The number of carbonyl (C=O) groups is 2. The van der Waals surface area contributed by atoms with Crippen LogP contribution in [0, 0.1) is 0 Å². The summed E-state index contributed by atoms with van der Waals surface area (Å²) in [6.45, 7) is 3.71. The number of nitrogens with zero attached hydrogens (tertiary/aromatic N) is 1. The van der Waals surface area contributed by atoms with Crippen LogP contribution in [0.15, 0.2) is 0 Å². The van der Waals surface area contributed by atoms with Crippen LogP contribution in [0.2, 0.25) is 0 Å². The third-order valence-corrected chi connectivity index (χ3v) is 2.59. The smallest absolute Gasteiger partial charge is 0.409 e. The van der Waals surface area contributed by atoms with Gasteiger partial charge in [-0.05, 0) is 19.8 Å². The molecule has 16 heavy (non-hydrogen) atoms. The summed E-state index contributed by atoms with van der Waals surface area (Å²) in [6, 6.07) is 0.262. The molecule has 1 saturated heterocycles. The van der Waals surface area contributed by atoms with Gasteiger partial charge in [0.15, 0.2) is 0 Å². The van der Waals surface area contributed by atoms with E-state index in [1.807, 2.05) is 0 Å². The van der Waals surface area contributed by atoms with E-state index >= 15 is 0 Å². The third kappa shape index (κ3) is 4.06. The standard InChI is InChI=1S/C10H19N3O3/c1-2-16-10(15)13-5-3-8(4-6-13)12-7-9(11)14/h8,12H,2-7H2,1H3,(H2,11,14). The summed E-state index contributed by atoms with van der Waals surface area (Å²) in [5.41, 5.74) is 5.04. The first-order valence-corrected chi connectivity index (χ1v) is 5.57. The van der Waals surface area contributed by atoms with Crippen molar-refractivity contribution in [1.82, 2.24) is 10.2 Å². The van der Waals surface area contributed by atoms with Crippen LogP contribution in [0.1, 0.15) is 19.8 Å². The van der Waals surface area contributed by atoms with Gasteiger partial charge >= 0.3 is 6.09 Å². The molecule has 2 amide bonds. The molecule has 0 atom stereocenters.